The van der Waals surface area contributed by atoms with Gasteiger partial charge in [0, 0.05) is 12.4 Å². The van der Waals surface area contributed by atoms with Gasteiger partial charge in [-0.05, 0) is 29.2 Å². The fourth-order valence-corrected chi connectivity index (χ4v) is 1.94. The largest absolute Gasteiger partial charge is 0.416 e. The lowest BCUT2D eigenvalue weighted by Gasteiger charge is -2.23. The fourth-order valence-electron chi connectivity index (χ4n) is 1.94. The molecule has 0 aliphatic rings. The van der Waals surface area contributed by atoms with Crippen LogP contribution < -0.4 is 0 Å². The zero-order valence-corrected chi connectivity index (χ0v) is 11.0. The van der Waals surface area contributed by atoms with Crippen LogP contribution in [0.4, 0.5) is 13.2 Å². The van der Waals surface area contributed by atoms with Crippen LogP contribution >= 0.6 is 0 Å². The lowest BCUT2D eigenvalue weighted by molar-refractivity contribution is -0.137. The summed E-state index contributed by atoms with van der Waals surface area (Å²) >= 11 is 0. The minimum Gasteiger partial charge on any atom is -0.241 e. The second kappa shape index (κ2) is 4.40. The highest BCUT2D eigenvalue weighted by Crippen LogP contribution is 2.35. The van der Waals surface area contributed by atoms with Crippen LogP contribution in [0.1, 0.15) is 31.9 Å². The molecule has 0 aliphatic carbocycles. The van der Waals surface area contributed by atoms with Gasteiger partial charge in [-0.15, -0.1) is 0 Å². The van der Waals surface area contributed by atoms with Crippen molar-refractivity contribution in [2.75, 3.05) is 0 Å². The molecule has 1 aromatic carbocycles. The molecule has 1 aromatic heterocycles. The van der Waals surface area contributed by atoms with Gasteiger partial charge < -0.3 is 0 Å². The zero-order valence-electron chi connectivity index (χ0n) is 11.0. The van der Waals surface area contributed by atoms with Gasteiger partial charge in [-0.2, -0.15) is 18.3 Å². The summed E-state index contributed by atoms with van der Waals surface area (Å²) in [7, 11) is 0. The Morgan fingerprint density at radius 2 is 1.79 bits per heavy atom. The first-order valence-electron chi connectivity index (χ1n) is 5.91. The number of rotatable bonds is 1. The van der Waals surface area contributed by atoms with E-state index in [1.54, 1.807) is 18.5 Å². The van der Waals surface area contributed by atoms with Crippen LogP contribution in [0.25, 0.3) is 5.69 Å². The summed E-state index contributed by atoms with van der Waals surface area (Å²) in [4.78, 5) is 0. The van der Waals surface area contributed by atoms with Crippen molar-refractivity contribution >= 4 is 0 Å². The van der Waals surface area contributed by atoms with E-state index in [4.69, 9.17) is 0 Å². The molecule has 2 aromatic rings. The normalized spacial score (nSPS) is 12.7. The van der Waals surface area contributed by atoms with E-state index in [0.29, 0.717) is 5.69 Å². The molecule has 102 valence electrons. The number of hydrogen-bond donors (Lipinski definition) is 0. The van der Waals surface area contributed by atoms with Gasteiger partial charge in [0.25, 0.3) is 0 Å². The average molecular weight is 268 g/mol. The van der Waals surface area contributed by atoms with E-state index in [-0.39, 0.29) is 5.41 Å². The second-order valence-electron chi connectivity index (χ2n) is 5.43. The van der Waals surface area contributed by atoms with Crippen molar-refractivity contribution in [1.82, 2.24) is 9.78 Å². The topological polar surface area (TPSA) is 17.8 Å². The van der Waals surface area contributed by atoms with E-state index >= 15 is 0 Å². The van der Waals surface area contributed by atoms with Gasteiger partial charge in [-0.1, -0.05) is 26.8 Å². The van der Waals surface area contributed by atoms with Gasteiger partial charge in [0.1, 0.15) is 0 Å². The Bertz CT molecular complexity index is 563. The van der Waals surface area contributed by atoms with Gasteiger partial charge in [-0.3, -0.25) is 0 Å². The summed E-state index contributed by atoms with van der Waals surface area (Å²) in [6, 6.07) is 5.48. The molecular weight excluding hydrogens is 253 g/mol. The predicted octanol–water partition coefficient (Wildman–Crippen LogP) is 4.19. The summed E-state index contributed by atoms with van der Waals surface area (Å²) in [5, 5.41) is 4.03. The Morgan fingerprint density at radius 1 is 1.11 bits per heavy atom. The number of benzene rings is 1. The maximum absolute atomic E-state index is 12.8. The van der Waals surface area contributed by atoms with E-state index in [9.17, 15) is 13.2 Å². The van der Waals surface area contributed by atoms with Crippen molar-refractivity contribution < 1.29 is 13.2 Å². The molecule has 2 nitrogen and oxygen atoms in total. The van der Waals surface area contributed by atoms with Gasteiger partial charge >= 0.3 is 6.18 Å². The molecule has 0 bridgehead atoms. The second-order valence-corrected chi connectivity index (χ2v) is 5.43. The number of alkyl halides is 3. The molecule has 0 N–H and O–H groups in total. The highest BCUT2D eigenvalue weighted by molar-refractivity contribution is 5.47. The summed E-state index contributed by atoms with van der Waals surface area (Å²) in [5.74, 6) is 0. The summed E-state index contributed by atoms with van der Waals surface area (Å²) in [5.41, 5.74) is 0.369. The van der Waals surface area contributed by atoms with Gasteiger partial charge in [0.2, 0.25) is 0 Å². The van der Waals surface area contributed by atoms with Crippen LogP contribution in [0.2, 0.25) is 0 Å². The quantitative estimate of drug-likeness (QED) is 0.758. The lowest BCUT2D eigenvalue weighted by atomic mass is 9.85. The molecule has 0 fully saturated rings. The minimum absolute atomic E-state index is 0.259. The molecule has 1 heterocycles. The SMILES string of the molecule is CC(C)(C)c1ccc(C(F)(F)F)cc1-n1cccn1. The van der Waals surface area contributed by atoms with Crippen LogP contribution in [0, 0.1) is 0 Å². The molecule has 0 saturated heterocycles. The maximum Gasteiger partial charge on any atom is 0.416 e. The van der Waals surface area contributed by atoms with Gasteiger partial charge in [0.15, 0.2) is 0 Å². The first-order valence-corrected chi connectivity index (χ1v) is 5.91. The molecule has 0 spiro atoms. The Morgan fingerprint density at radius 3 is 2.26 bits per heavy atom. The molecular formula is C14H15F3N2. The van der Waals surface area contributed by atoms with Crippen LogP contribution in [0.3, 0.4) is 0 Å². The summed E-state index contributed by atoms with van der Waals surface area (Å²) in [6.45, 7) is 5.88. The highest BCUT2D eigenvalue weighted by atomic mass is 19.4. The van der Waals surface area contributed by atoms with Crippen molar-refractivity contribution in [2.24, 2.45) is 0 Å². The number of halogens is 3. The zero-order chi connectivity index (χ0) is 14.3. The Balaban J connectivity index is 2.65. The molecule has 2 rings (SSSR count). The van der Waals surface area contributed by atoms with Crippen LogP contribution in [0.5, 0.6) is 0 Å². The molecule has 0 atom stereocenters. The monoisotopic (exact) mass is 268 g/mol. The van der Waals surface area contributed by atoms with E-state index in [2.05, 4.69) is 5.10 Å². The molecule has 19 heavy (non-hydrogen) atoms. The lowest BCUT2D eigenvalue weighted by Crippen LogP contribution is -2.17. The highest BCUT2D eigenvalue weighted by Gasteiger charge is 2.32. The Kier molecular flexibility index (Phi) is 3.16. The fraction of sp³-hybridized carbons (Fsp3) is 0.357. The Hall–Kier alpha value is -1.78. The third kappa shape index (κ3) is 2.80. The summed E-state index contributed by atoms with van der Waals surface area (Å²) < 4.78 is 39.9. The smallest absolute Gasteiger partial charge is 0.241 e. The van der Waals surface area contributed by atoms with E-state index in [0.717, 1.165) is 17.7 Å². The first-order chi connectivity index (χ1) is 8.69. The van der Waals surface area contributed by atoms with E-state index in [1.807, 2.05) is 20.8 Å². The van der Waals surface area contributed by atoms with Crippen molar-refractivity contribution in [3.8, 4) is 5.69 Å². The predicted molar refractivity (Wildman–Crippen MR) is 67.3 cm³/mol. The first kappa shape index (κ1) is 13.6. The van der Waals surface area contributed by atoms with Crippen LogP contribution in [-0.4, -0.2) is 9.78 Å². The van der Waals surface area contributed by atoms with Crippen molar-refractivity contribution in [3.05, 3.63) is 47.8 Å². The van der Waals surface area contributed by atoms with Gasteiger partial charge in [0.05, 0.1) is 11.3 Å². The third-order valence-electron chi connectivity index (χ3n) is 2.88. The average Bonchev–Trinajstić information content (AvgIpc) is 2.79. The molecule has 0 aliphatic heterocycles. The van der Waals surface area contributed by atoms with Crippen molar-refractivity contribution in [1.29, 1.82) is 0 Å². The molecule has 0 amide bonds. The standard InChI is InChI=1S/C14H15F3N2/c1-13(2,3)11-6-5-10(14(15,16)17)9-12(11)19-8-4-7-18-19/h4-9H,1-3H3. The maximum atomic E-state index is 12.8. The number of hydrogen-bond acceptors (Lipinski definition) is 1. The molecule has 0 unspecified atom stereocenters. The van der Waals surface area contributed by atoms with Crippen LogP contribution in [0.15, 0.2) is 36.7 Å². The van der Waals surface area contributed by atoms with Crippen LogP contribution in [-0.2, 0) is 11.6 Å². The number of nitrogens with zero attached hydrogens (tertiary/aromatic N) is 2. The molecule has 0 saturated carbocycles. The van der Waals surface area contributed by atoms with Gasteiger partial charge in [-0.25, -0.2) is 4.68 Å². The van der Waals surface area contributed by atoms with Crippen molar-refractivity contribution in [3.63, 3.8) is 0 Å². The van der Waals surface area contributed by atoms with Crippen molar-refractivity contribution in [2.45, 2.75) is 32.4 Å². The Labute approximate surface area is 109 Å². The van der Waals surface area contributed by atoms with E-state index in [1.165, 1.54) is 10.7 Å². The van der Waals surface area contributed by atoms with E-state index < -0.39 is 11.7 Å². The number of aromatic nitrogens is 2. The summed E-state index contributed by atoms with van der Waals surface area (Å²) in [6.07, 6.45) is -1.16. The third-order valence-corrected chi connectivity index (χ3v) is 2.88. The minimum atomic E-state index is -4.35. The molecule has 0 radical (unpaired) electrons. The molecule has 5 heteroatoms.